The van der Waals surface area contributed by atoms with Crippen molar-refractivity contribution in [2.24, 2.45) is 0 Å². The number of aromatic nitrogens is 2. The monoisotopic (exact) mass is 428 g/mol. The molecule has 152 valence electrons. The Kier molecular flexibility index (Phi) is 7.11. The zero-order chi connectivity index (χ0) is 20.8. The number of anilines is 2. The highest BCUT2D eigenvalue weighted by molar-refractivity contribution is 8.02. The van der Waals surface area contributed by atoms with E-state index in [-0.39, 0.29) is 11.9 Å². The van der Waals surface area contributed by atoms with Crippen molar-refractivity contribution >= 4 is 39.8 Å². The Balaban J connectivity index is 1.85. The maximum atomic E-state index is 13.2. The van der Waals surface area contributed by atoms with Gasteiger partial charge in [0, 0.05) is 6.04 Å². The molecule has 0 saturated heterocycles. The number of nitrogens with one attached hydrogen (secondary N) is 2. The van der Waals surface area contributed by atoms with Gasteiger partial charge in [0.05, 0.1) is 12.8 Å². The number of nitrogens with zero attached hydrogens (tertiary/aromatic N) is 2. The van der Waals surface area contributed by atoms with Crippen molar-refractivity contribution in [1.82, 2.24) is 10.2 Å². The Hall–Kier alpha value is -2.58. The summed E-state index contributed by atoms with van der Waals surface area (Å²) in [6.07, 6.45) is 0. The first-order valence-corrected chi connectivity index (χ1v) is 10.9. The topological polar surface area (TPSA) is 76.1 Å². The highest BCUT2D eigenvalue weighted by Gasteiger charge is 2.25. The average Bonchev–Trinajstić information content (AvgIpc) is 3.13. The molecule has 3 rings (SSSR count). The average molecular weight is 429 g/mol. The number of benzene rings is 2. The molecule has 0 radical (unpaired) electrons. The lowest BCUT2D eigenvalue weighted by Gasteiger charge is -2.17. The van der Waals surface area contributed by atoms with Crippen LogP contribution in [0.1, 0.15) is 30.2 Å². The molecule has 29 heavy (non-hydrogen) atoms. The van der Waals surface area contributed by atoms with E-state index in [9.17, 15) is 4.79 Å². The molecule has 1 unspecified atom stereocenters. The van der Waals surface area contributed by atoms with Crippen LogP contribution in [0.3, 0.4) is 0 Å². The Morgan fingerprint density at radius 1 is 1.14 bits per heavy atom. The minimum atomic E-state index is -0.471. The molecular weight excluding hydrogens is 404 g/mol. The van der Waals surface area contributed by atoms with Gasteiger partial charge in [-0.3, -0.25) is 4.79 Å². The van der Waals surface area contributed by atoms with E-state index >= 15 is 0 Å². The van der Waals surface area contributed by atoms with Crippen molar-refractivity contribution in [1.29, 1.82) is 0 Å². The summed E-state index contributed by atoms with van der Waals surface area (Å²) in [7, 11) is 1.59. The summed E-state index contributed by atoms with van der Waals surface area (Å²) in [5, 5.41) is 14.9. The first-order valence-electron chi connectivity index (χ1n) is 9.23. The van der Waals surface area contributed by atoms with E-state index in [0.717, 1.165) is 20.6 Å². The van der Waals surface area contributed by atoms with Crippen LogP contribution in [0.4, 0.5) is 10.8 Å². The zero-order valence-electron chi connectivity index (χ0n) is 16.8. The molecular formula is C21H24N4O2S2. The third kappa shape index (κ3) is 5.71. The molecule has 0 aliphatic heterocycles. The predicted molar refractivity (Wildman–Crippen MR) is 120 cm³/mol. The second kappa shape index (κ2) is 9.76. The molecule has 0 aliphatic rings. The van der Waals surface area contributed by atoms with Gasteiger partial charge in [-0.05, 0) is 44.0 Å². The third-order valence-electron chi connectivity index (χ3n) is 3.99. The molecule has 0 bridgehead atoms. The fourth-order valence-electron chi connectivity index (χ4n) is 2.68. The zero-order valence-corrected chi connectivity index (χ0v) is 18.4. The second-order valence-corrected chi connectivity index (χ2v) is 9.10. The fourth-order valence-corrected chi connectivity index (χ4v) is 4.77. The lowest BCUT2D eigenvalue weighted by atomic mass is 10.1. The van der Waals surface area contributed by atoms with Crippen molar-refractivity contribution in [3.05, 3.63) is 59.7 Å². The number of amides is 1. The Morgan fingerprint density at radius 3 is 2.59 bits per heavy atom. The smallest absolute Gasteiger partial charge is 0.242 e. The van der Waals surface area contributed by atoms with Gasteiger partial charge in [0.15, 0.2) is 4.34 Å². The van der Waals surface area contributed by atoms with Gasteiger partial charge in [-0.25, -0.2) is 0 Å². The molecule has 1 atom stereocenters. The molecule has 0 saturated carbocycles. The number of rotatable bonds is 8. The van der Waals surface area contributed by atoms with Crippen molar-refractivity contribution in [2.45, 2.75) is 36.4 Å². The van der Waals surface area contributed by atoms with Gasteiger partial charge in [-0.1, -0.05) is 59.5 Å². The normalized spacial score (nSPS) is 11.9. The van der Waals surface area contributed by atoms with Crippen LogP contribution in [0.5, 0.6) is 5.75 Å². The van der Waals surface area contributed by atoms with Crippen LogP contribution < -0.4 is 15.4 Å². The number of aryl methyl sites for hydroxylation is 1. The number of ether oxygens (including phenoxy) is 1. The number of carbonyl (C=O) groups excluding carboxylic acids is 1. The molecule has 3 aromatic rings. The van der Waals surface area contributed by atoms with Crippen LogP contribution in [0.2, 0.25) is 0 Å². The van der Waals surface area contributed by atoms with Crippen molar-refractivity contribution in [2.75, 3.05) is 17.7 Å². The maximum absolute atomic E-state index is 13.2. The van der Waals surface area contributed by atoms with Gasteiger partial charge in [0.1, 0.15) is 11.0 Å². The number of hydrogen-bond donors (Lipinski definition) is 2. The minimum Gasteiger partial charge on any atom is -0.495 e. The summed E-state index contributed by atoms with van der Waals surface area (Å²) < 4.78 is 6.13. The fraction of sp³-hybridized carbons (Fsp3) is 0.286. The molecule has 2 aromatic carbocycles. The number of hydrogen-bond acceptors (Lipinski definition) is 7. The lowest BCUT2D eigenvalue weighted by molar-refractivity contribution is -0.115. The summed E-state index contributed by atoms with van der Waals surface area (Å²) in [6, 6.07) is 15.6. The number of carbonyl (C=O) groups is 1. The standard InChI is InChI=1S/C21H24N4O2S2/c1-13(2)22-20-24-25-21(29-20)28-18(15-8-6-5-7-9-15)19(26)23-16-12-14(3)10-11-17(16)27-4/h5-13,18H,1-4H3,(H,22,24)(H,23,26). The van der Waals surface area contributed by atoms with E-state index in [0.29, 0.717) is 11.4 Å². The van der Waals surface area contributed by atoms with Gasteiger partial charge < -0.3 is 15.4 Å². The van der Waals surface area contributed by atoms with Gasteiger partial charge in [0.25, 0.3) is 0 Å². The van der Waals surface area contributed by atoms with Gasteiger partial charge in [0.2, 0.25) is 11.0 Å². The van der Waals surface area contributed by atoms with Crippen LogP contribution in [-0.2, 0) is 4.79 Å². The third-order valence-corrected chi connectivity index (χ3v) is 6.18. The summed E-state index contributed by atoms with van der Waals surface area (Å²) in [5.74, 6) is 0.485. The Morgan fingerprint density at radius 2 is 1.90 bits per heavy atom. The van der Waals surface area contributed by atoms with Crippen molar-refractivity contribution < 1.29 is 9.53 Å². The molecule has 1 amide bonds. The van der Waals surface area contributed by atoms with Gasteiger partial charge in [-0.2, -0.15) is 0 Å². The molecule has 8 heteroatoms. The van der Waals surface area contributed by atoms with Crippen LogP contribution in [0.15, 0.2) is 52.9 Å². The Labute approximate surface area is 179 Å². The highest BCUT2D eigenvalue weighted by atomic mass is 32.2. The molecule has 1 aromatic heterocycles. The molecule has 0 fully saturated rings. The quantitative estimate of drug-likeness (QED) is 0.483. The molecule has 0 spiro atoms. The van der Waals surface area contributed by atoms with Crippen LogP contribution in [0.25, 0.3) is 0 Å². The van der Waals surface area contributed by atoms with Crippen LogP contribution in [0, 0.1) is 6.92 Å². The van der Waals surface area contributed by atoms with Crippen molar-refractivity contribution in [3.63, 3.8) is 0 Å². The first kappa shape index (κ1) is 21.1. The van der Waals surface area contributed by atoms with E-state index in [2.05, 4.69) is 20.8 Å². The maximum Gasteiger partial charge on any atom is 0.242 e. The number of methoxy groups -OCH3 is 1. The van der Waals surface area contributed by atoms with Crippen LogP contribution in [-0.4, -0.2) is 29.3 Å². The summed E-state index contributed by atoms with van der Waals surface area (Å²) in [6.45, 7) is 6.07. The highest BCUT2D eigenvalue weighted by Crippen LogP contribution is 2.39. The molecule has 0 aliphatic carbocycles. The van der Waals surface area contributed by atoms with E-state index in [4.69, 9.17) is 4.74 Å². The molecule has 6 nitrogen and oxygen atoms in total. The lowest BCUT2D eigenvalue weighted by Crippen LogP contribution is -2.19. The number of thioether (sulfide) groups is 1. The van der Waals surface area contributed by atoms with Gasteiger partial charge in [-0.15, -0.1) is 10.2 Å². The van der Waals surface area contributed by atoms with E-state index in [1.54, 1.807) is 7.11 Å². The summed E-state index contributed by atoms with van der Waals surface area (Å²) >= 11 is 2.83. The Bertz CT molecular complexity index is 960. The molecule has 1 heterocycles. The largest absolute Gasteiger partial charge is 0.495 e. The SMILES string of the molecule is COc1ccc(C)cc1NC(=O)C(Sc1nnc(NC(C)C)s1)c1ccccc1. The van der Waals surface area contributed by atoms with E-state index in [1.165, 1.54) is 23.1 Å². The molecule has 2 N–H and O–H groups in total. The minimum absolute atomic E-state index is 0.140. The first-order chi connectivity index (χ1) is 14.0. The summed E-state index contributed by atoms with van der Waals surface area (Å²) in [4.78, 5) is 13.2. The van der Waals surface area contributed by atoms with Crippen LogP contribution >= 0.6 is 23.1 Å². The second-order valence-electron chi connectivity index (χ2n) is 6.77. The van der Waals surface area contributed by atoms with Crippen molar-refractivity contribution in [3.8, 4) is 5.75 Å². The van der Waals surface area contributed by atoms with Gasteiger partial charge >= 0.3 is 0 Å². The van der Waals surface area contributed by atoms with E-state index in [1.807, 2.05) is 69.3 Å². The van der Waals surface area contributed by atoms with E-state index < -0.39 is 5.25 Å². The summed E-state index contributed by atoms with van der Waals surface area (Å²) in [5.41, 5.74) is 2.59. The predicted octanol–water partition coefficient (Wildman–Crippen LogP) is 5.15.